The number of hydrogen-bond acceptors (Lipinski definition) is 3. The molecule has 5 nitrogen and oxygen atoms in total. The molecule has 0 radical (unpaired) electrons. The molecule has 0 fully saturated rings. The Labute approximate surface area is 137 Å². The Hall–Kier alpha value is -2.04. The van der Waals surface area contributed by atoms with E-state index in [1.54, 1.807) is 0 Å². The minimum absolute atomic E-state index is 0.0645. The second kappa shape index (κ2) is 8.56. The van der Waals surface area contributed by atoms with Crippen LogP contribution in [0.3, 0.4) is 0 Å². The molecule has 2 amide bonds. The number of aryl methyl sites for hydroxylation is 1. The van der Waals surface area contributed by atoms with Gasteiger partial charge < -0.3 is 15.4 Å². The van der Waals surface area contributed by atoms with Gasteiger partial charge in [0.25, 0.3) is 0 Å². The van der Waals surface area contributed by atoms with Crippen molar-refractivity contribution < 1.29 is 14.3 Å². The largest absolute Gasteiger partial charge is 0.494 e. The number of carbonyl (C=O) groups is 2. The van der Waals surface area contributed by atoms with Crippen molar-refractivity contribution in [2.75, 3.05) is 11.9 Å². The van der Waals surface area contributed by atoms with Gasteiger partial charge in [-0.1, -0.05) is 13.8 Å². The molecule has 2 N–H and O–H groups in total. The zero-order valence-corrected chi connectivity index (χ0v) is 14.0. The zero-order valence-electron chi connectivity index (χ0n) is 14.0. The average Bonchev–Trinajstić information content (AvgIpc) is 2.56. The third-order valence-corrected chi connectivity index (χ3v) is 4.14. The molecule has 0 saturated carbocycles. The van der Waals surface area contributed by atoms with Crippen LogP contribution in [-0.4, -0.2) is 24.5 Å². The summed E-state index contributed by atoms with van der Waals surface area (Å²) < 4.78 is 5.71. The van der Waals surface area contributed by atoms with Crippen molar-refractivity contribution in [2.24, 2.45) is 0 Å². The molecule has 0 spiro atoms. The quantitative estimate of drug-likeness (QED) is 0.724. The lowest BCUT2D eigenvalue weighted by Crippen LogP contribution is -2.33. The third-order valence-electron chi connectivity index (χ3n) is 4.14. The van der Waals surface area contributed by atoms with E-state index in [9.17, 15) is 9.59 Å². The van der Waals surface area contributed by atoms with Crippen LogP contribution in [0.5, 0.6) is 5.75 Å². The van der Waals surface area contributed by atoms with Crippen LogP contribution in [0.25, 0.3) is 0 Å². The summed E-state index contributed by atoms with van der Waals surface area (Å²) in [5, 5.41) is 5.88. The first kappa shape index (κ1) is 17.3. The fraction of sp³-hybridized carbons (Fsp3) is 0.556. The van der Waals surface area contributed by atoms with Gasteiger partial charge in [-0.2, -0.15) is 0 Å². The first-order valence-electron chi connectivity index (χ1n) is 8.47. The van der Waals surface area contributed by atoms with Gasteiger partial charge in [0.2, 0.25) is 11.8 Å². The fourth-order valence-electron chi connectivity index (χ4n) is 2.66. The molecule has 1 aliphatic rings. The number of carbonyl (C=O) groups excluding carboxylic acids is 2. The third kappa shape index (κ3) is 5.27. The highest BCUT2D eigenvalue weighted by molar-refractivity contribution is 5.94. The molecule has 0 bridgehead atoms. The van der Waals surface area contributed by atoms with Gasteiger partial charge in [-0.3, -0.25) is 9.59 Å². The first-order valence-corrected chi connectivity index (χ1v) is 8.47. The van der Waals surface area contributed by atoms with Crippen molar-refractivity contribution in [2.45, 2.75) is 58.4 Å². The van der Waals surface area contributed by atoms with E-state index in [2.05, 4.69) is 24.5 Å². The lowest BCUT2D eigenvalue weighted by atomic mass is 10.0. The van der Waals surface area contributed by atoms with Crippen molar-refractivity contribution in [3.8, 4) is 5.75 Å². The van der Waals surface area contributed by atoms with Crippen molar-refractivity contribution in [1.82, 2.24) is 5.32 Å². The monoisotopic (exact) mass is 318 g/mol. The maximum Gasteiger partial charge on any atom is 0.224 e. The van der Waals surface area contributed by atoms with Crippen LogP contribution in [0.2, 0.25) is 0 Å². The van der Waals surface area contributed by atoms with Crippen molar-refractivity contribution >= 4 is 17.5 Å². The minimum atomic E-state index is 0.0645. The standard InChI is InChI=1S/C18H26N2O3/c1-3-14(4-2)19-17(21)6-5-11-23-15-8-9-16-13(12-15)7-10-18(22)20-16/h8-9,12,14H,3-7,10-11H2,1-2H3,(H,19,21)(H,20,22). The zero-order chi connectivity index (χ0) is 16.7. The summed E-state index contributed by atoms with van der Waals surface area (Å²) in [6.07, 6.45) is 4.37. The molecule has 0 saturated heterocycles. The Morgan fingerprint density at radius 3 is 2.83 bits per heavy atom. The maximum atomic E-state index is 11.8. The molecule has 1 aliphatic heterocycles. The van der Waals surface area contributed by atoms with Crippen molar-refractivity contribution in [3.05, 3.63) is 23.8 Å². The van der Waals surface area contributed by atoms with Crippen LogP contribution in [0.1, 0.15) is 51.5 Å². The first-order chi connectivity index (χ1) is 11.1. The number of rotatable bonds is 8. The highest BCUT2D eigenvalue weighted by Crippen LogP contribution is 2.26. The molecule has 0 aliphatic carbocycles. The molecule has 1 aromatic carbocycles. The lowest BCUT2D eigenvalue weighted by Gasteiger charge is -2.18. The van der Waals surface area contributed by atoms with Crippen LogP contribution in [0.4, 0.5) is 5.69 Å². The van der Waals surface area contributed by atoms with Gasteiger partial charge in [0.05, 0.1) is 6.61 Å². The minimum Gasteiger partial charge on any atom is -0.494 e. The Balaban J connectivity index is 1.72. The number of ether oxygens (including phenoxy) is 1. The van der Waals surface area contributed by atoms with Crippen molar-refractivity contribution in [1.29, 1.82) is 0 Å². The van der Waals surface area contributed by atoms with E-state index in [-0.39, 0.29) is 17.9 Å². The van der Waals surface area contributed by atoms with E-state index in [0.717, 1.165) is 36.3 Å². The predicted molar refractivity (Wildman–Crippen MR) is 90.6 cm³/mol. The number of anilines is 1. The smallest absolute Gasteiger partial charge is 0.224 e. The van der Waals surface area contributed by atoms with Gasteiger partial charge in [0, 0.05) is 24.6 Å². The van der Waals surface area contributed by atoms with Gasteiger partial charge in [-0.15, -0.1) is 0 Å². The van der Waals surface area contributed by atoms with Crippen LogP contribution < -0.4 is 15.4 Å². The fourth-order valence-corrected chi connectivity index (χ4v) is 2.66. The van der Waals surface area contributed by atoms with E-state index in [1.807, 2.05) is 18.2 Å². The second-order valence-electron chi connectivity index (χ2n) is 5.90. The SMILES string of the molecule is CCC(CC)NC(=O)CCCOc1ccc2c(c1)CCC(=O)N2. The van der Waals surface area contributed by atoms with Crippen LogP contribution in [0.15, 0.2) is 18.2 Å². The molecule has 1 aromatic rings. The second-order valence-corrected chi connectivity index (χ2v) is 5.90. The highest BCUT2D eigenvalue weighted by atomic mass is 16.5. The maximum absolute atomic E-state index is 11.8. The molecule has 23 heavy (non-hydrogen) atoms. The Morgan fingerprint density at radius 2 is 2.09 bits per heavy atom. The molecular formula is C18H26N2O3. The van der Waals surface area contributed by atoms with E-state index in [1.165, 1.54) is 0 Å². The topological polar surface area (TPSA) is 67.4 Å². The molecular weight excluding hydrogens is 292 g/mol. The molecule has 1 heterocycles. The van der Waals surface area contributed by atoms with Gasteiger partial charge in [-0.25, -0.2) is 0 Å². The van der Waals surface area contributed by atoms with Crippen LogP contribution in [-0.2, 0) is 16.0 Å². The van der Waals surface area contributed by atoms with Gasteiger partial charge >= 0.3 is 0 Å². The lowest BCUT2D eigenvalue weighted by molar-refractivity contribution is -0.122. The molecule has 5 heteroatoms. The number of nitrogens with one attached hydrogen (secondary N) is 2. The summed E-state index contributed by atoms with van der Waals surface area (Å²) in [5.41, 5.74) is 1.98. The van der Waals surface area contributed by atoms with Crippen LogP contribution >= 0.6 is 0 Å². The van der Waals surface area contributed by atoms with Gasteiger partial charge in [0.15, 0.2) is 0 Å². The summed E-state index contributed by atoms with van der Waals surface area (Å²) in [6.45, 7) is 4.67. The van der Waals surface area contributed by atoms with Crippen molar-refractivity contribution in [3.63, 3.8) is 0 Å². The molecule has 0 atom stereocenters. The summed E-state index contributed by atoms with van der Waals surface area (Å²) in [4.78, 5) is 23.1. The summed E-state index contributed by atoms with van der Waals surface area (Å²) in [5.74, 6) is 0.949. The molecule has 0 unspecified atom stereocenters. The highest BCUT2D eigenvalue weighted by Gasteiger charge is 2.15. The normalized spacial score (nSPS) is 13.4. The van der Waals surface area contributed by atoms with E-state index < -0.39 is 0 Å². The van der Waals surface area contributed by atoms with Gasteiger partial charge in [0.1, 0.15) is 5.75 Å². The number of hydrogen-bond donors (Lipinski definition) is 2. The molecule has 2 rings (SSSR count). The number of benzene rings is 1. The van der Waals surface area contributed by atoms with Gasteiger partial charge in [-0.05, 0) is 49.4 Å². The number of amides is 2. The Morgan fingerprint density at radius 1 is 1.30 bits per heavy atom. The Bertz CT molecular complexity index is 553. The van der Waals surface area contributed by atoms with E-state index >= 15 is 0 Å². The molecule has 0 aromatic heterocycles. The van der Waals surface area contributed by atoms with E-state index in [4.69, 9.17) is 4.74 Å². The summed E-state index contributed by atoms with van der Waals surface area (Å²) >= 11 is 0. The Kier molecular flexibility index (Phi) is 6.44. The summed E-state index contributed by atoms with van der Waals surface area (Å²) in [7, 11) is 0. The predicted octanol–water partition coefficient (Wildman–Crippen LogP) is 3.04. The number of fused-ring (bicyclic) bond motifs is 1. The van der Waals surface area contributed by atoms with Crippen LogP contribution in [0, 0.1) is 0 Å². The van der Waals surface area contributed by atoms with E-state index in [0.29, 0.717) is 25.9 Å². The molecule has 126 valence electrons. The average molecular weight is 318 g/mol. The summed E-state index contributed by atoms with van der Waals surface area (Å²) in [6, 6.07) is 5.98.